The molecule has 4 rings (SSSR count). The van der Waals surface area contributed by atoms with E-state index in [1.54, 1.807) is 30.5 Å². The molecule has 1 fully saturated rings. The zero-order valence-corrected chi connectivity index (χ0v) is 20.0. The van der Waals surface area contributed by atoms with E-state index >= 15 is 4.39 Å². The van der Waals surface area contributed by atoms with Crippen molar-refractivity contribution in [2.45, 2.75) is 30.6 Å². The summed E-state index contributed by atoms with van der Waals surface area (Å²) in [6.45, 7) is 1.94. The minimum atomic E-state index is -0.615. The SMILES string of the molecule is O=C(NCCCC(=O)N1CCCC1)c1cccc(SNc2ccc(Cl)c3c(Cl)c[nH]c23)c1F. The van der Waals surface area contributed by atoms with Gasteiger partial charge in [0.1, 0.15) is 0 Å². The van der Waals surface area contributed by atoms with Crippen LogP contribution in [0.3, 0.4) is 0 Å². The first kappa shape index (κ1) is 23.7. The van der Waals surface area contributed by atoms with Crippen LogP contribution in [0.4, 0.5) is 10.1 Å². The number of hydrogen-bond acceptors (Lipinski definition) is 4. The number of benzene rings is 2. The number of rotatable bonds is 8. The van der Waals surface area contributed by atoms with Crippen LogP contribution in [0.1, 0.15) is 36.0 Å². The third-order valence-electron chi connectivity index (χ3n) is 5.53. The Hall–Kier alpha value is -2.42. The Morgan fingerprint density at radius 3 is 2.70 bits per heavy atom. The zero-order valence-electron chi connectivity index (χ0n) is 17.7. The van der Waals surface area contributed by atoms with Crippen LogP contribution in [0.15, 0.2) is 41.4 Å². The molecule has 2 aromatic carbocycles. The minimum absolute atomic E-state index is 0.0446. The van der Waals surface area contributed by atoms with Gasteiger partial charge in [-0.25, -0.2) is 4.39 Å². The molecule has 2 amide bonds. The standard InChI is InChI=1S/C23H23Cl2FN4O2S/c24-15-8-9-17(22-20(15)16(25)13-28-22)29-33-18-6-3-5-14(21(18)26)23(32)27-10-4-7-19(31)30-11-1-2-12-30/h3,5-6,8-9,13,28-29H,1-2,4,7,10-12H2,(H,27,32). The maximum absolute atomic E-state index is 15.0. The fraction of sp³-hybridized carbons (Fsp3) is 0.304. The van der Waals surface area contributed by atoms with Crippen molar-refractivity contribution in [3.8, 4) is 0 Å². The molecule has 2 heterocycles. The van der Waals surface area contributed by atoms with Crippen LogP contribution in [-0.4, -0.2) is 41.3 Å². The van der Waals surface area contributed by atoms with Crippen LogP contribution in [0.5, 0.6) is 0 Å². The second-order valence-corrected chi connectivity index (χ2v) is 9.41. The summed E-state index contributed by atoms with van der Waals surface area (Å²) in [4.78, 5) is 29.8. The summed E-state index contributed by atoms with van der Waals surface area (Å²) < 4.78 is 18.1. The number of nitrogens with zero attached hydrogens (tertiary/aromatic N) is 1. The summed E-state index contributed by atoms with van der Waals surface area (Å²) in [6, 6.07) is 8.13. The number of carbonyl (C=O) groups is 2. The van der Waals surface area contributed by atoms with Crippen molar-refractivity contribution in [2.24, 2.45) is 0 Å². The van der Waals surface area contributed by atoms with E-state index in [2.05, 4.69) is 15.0 Å². The van der Waals surface area contributed by atoms with Crippen LogP contribution in [0.25, 0.3) is 10.9 Å². The molecule has 1 aliphatic rings. The van der Waals surface area contributed by atoms with Crippen molar-refractivity contribution < 1.29 is 14.0 Å². The van der Waals surface area contributed by atoms with Gasteiger partial charge >= 0.3 is 0 Å². The van der Waals surface area contributed by atoms with Gasteiger partial charge in [-0.1, -0.05) is 29.3 Å². The van der Waals surface area contributed by atoms with Crippen molar-refractivity contribution in [2.75, 3.05) is 24.4 Å². The number of halogens is 3. The summed E-state index contributed by atoms with van der Waals surface area (Å²) in [5, 5.41) is 4.40. The first-order chi connectivity index (χ1) is 16.0. The Labute approximate surface area is 205 Å². The number of amides is 2. The molecule has 33 heavy (non-hydrogen) atoms. The van der Waals surface area contributed by atoms with E-state index in [9.17, 15) is 9.59 Å². The van der Waals surface area contributed by atoms with E-state index in [1.807, 2.05) is 4.90 Å². The third kappa shape index (κ3) is 5.39. The van der Waals surface area contributed by atoms with Gasteiger partial charge in [0.2, 0.25) is 5.91 Å². The van der Waals surface area contributed by atoms with Crippen molar-refractivity contribution in [1.82, 2.24) is 15.2 Å². The van der Waals surface area contributed by atoms with Gasteiger partial charge in [-0.3, -0.25) is 9.59 Å². The molecular weight excluding hydrogens is 486 g/mol. The van der Waals surface area contributed by atoms with E-state index in [0.29, 0.717) is 46.0 Å². The Balaban J connectivity index is 1.35. The minimum Gasteiger partial charge on any atom is -0.358 e. The second kappa shape index (κ2) is 10.7. The molecule has 0 spiro atoms. The largest absolute Gasteiger partial charge is 0.358 e. The van der Waals surface area contributed by atoms with Crippen molar-refractivity contribution in [3.05, 3.63) is 58.0 Å². The van der Waals surface area contributed by atoms with E-state index in [-0.39, 0.29) is 16.4 Å². The highest BCUT2D eigenvalue weighted by molar-refractivity contribution is 8.00. The lowest BCUT2D eigenvalue weighted by Crippen LogP contribution is -2.30. The number of fused-ring (bicyclic) bond motifs is 1. The van der Waals surface area contributed by atoms with Gasteiger partial charge in [-0.15, -0.1) is 0 Å². The molecule has 10 heteroatoms. The number of anilines is 1. The molecule has 0 bridgehead atoms. The van der Waals surface area contributed by atoms with Crippen LogP contribution in [0, 0.1) is 5.82 Å². The fourth-order valence-electron chi connectivity index (χ4n) is 3.79. The summed E-state index contributed by atoms with van der Waals surface area (Å²) >= 11 is 13.4. The quantitative estimate of drug-likeness (QED) is 0.262. The predicted molar refractivity (Wildman–Crippen MR) is 132 cm³/mol. The molecule has 1 saturated heterocycles. The van der Waals surface area contributed by atoms with Crippen LogP contribution in [0.2, 0.25) is 10.0 Å². The lowest BCUT2D eigenvalue weighted by molar-refractivity contribution is -0.130. The normalized spacial score (nSPS) is 13.5. The van der Waals surface area contributed by atoms with Crippen LogP contribution < -0.4 is 10.0 Å². The highest BCUT2D eigenvalue weighted by Crippen LogP contribution is 2.36. The van der Waals surface area contributed by atoms with Gasteiger partial charge in [-0.2, -0.15) is 0 Å². The molecule has 1 aliphatic heterocycles. The highest BCUT2D eigenvalue weighted by Gasteiger charge is 2.19. The average molecular weight is 509 g/mol. The van der Waals surface area contributed by atoms with Gasteiger partial charge < -0.3 is 19.9 Å². The van der Waals surface area contributed by atoms with Gasteiger partial charge in [0.15, 0.2) is 5.82 Å². The molecule has 3 N–H and O–H groups in total. The Morgan fingerprint density at radius 2 is 1.91 bits per heavy atom. The molecule has 0 saturated carbocycles. The van der Waals surface area contributed by atoms with Gasteiger partial charge in [-0.05, 0) is 55.5 Å². The highest BCUT2D eigenvalue weighted by atomic mass is 35.5. The first-order valence-electron chi connectivity index (χ1n) is 10.7. The van der Waals surface area contributed by atoms with Gasteiger partial charge in [0, 0.05) is 37.6 Å². The van der Waals surface area contributed by atoms with E-state index in [1.165, 1.54) is 6.07 Å². The molecule has 0 radical (unpaired) electrons. The number of carbonyl (C=O) groups excluding carboxylic acids is 2. The second-order valence-electron chi connectivity index (χ2n) is 7.75. The molecular formula is C23H23Cl2FN4O2S. The van der Waals surface area contributed by atoms with E-state index < -0.39 is 11.7 Å². The fourth-order valence-corrected chi connectivity index (χ4v) is 5.08. The molecule has 0 atom stereocenters. The van der Waals surface area contributed by atoms with Gasteiger partial charge in [0.05, 0.1) is 31.7 Å². The number of aromatic amines is 1. The monoisotopic (exact) mass is 508 g/mol. The number of hydrogen-bond donors (Lipinski definition) is 3. The lowest BCUT2D eigenvalue weighted by Gasteiger charge is -2.15. The number of likely N-dealkylation sites (tertiary alicyclic amines) is 1. The first-order valence-corrected chi connectivity index (χ1v) is 12.3. The molecule has 0 aliphatic carbocycles. The molecule has 6 nitrogen and oxygen atoms in total. The molecule has 3 aromatic rings. The zero-order chi connectivity index (χ0) is 23.4. The third-order valence-corrected chi connectivity index (χ3v) is 7.00. The topological polar surface area (TPSA) is 77.2 Å². The summed E-state index contributed by atoms with van der Waals surface area (Å²) in [6.07, 6.45) is 4.63. The van der Waals surface area contributed by atoms with Crippen molar-refractivity contribution in [1.29, 1.82) is 0 Å². The van der Waals surface area contributed by atoms with E-state index in [0.717, 1.165) is 37.9 Å². The predicted octanol–water partition coefficient (Wildman–Crippen LogP) is 5.87. The number of aromatic nitrogens is 1. The smallest absolute Gasteiger partial charge is 0.254 e. The Kier molecular flexibility index (Phi) is 7.67. The average Bonchev–Trinajstić information content (AvgIpc) is 3.48. The maximum atomic E-state index is 15.0. The maximum Gasteiger partial charge on any atom is 0.254 e. The lowest BCUT2D eigenvalue weighted by atomic mass is 10.2. The Morgan fingerprint density at radius 1 is 1.12 bits per heavy atom. The molecule has 0 unspecified atom stereocenters. The van der Waals surface area contributed by atoms with Crippen molar-refractivity contribution >= 4 is 63.6 Å². The van der Waals surface area contributed by atoms with Gasteiger partial charge in [0.25, 0.3) is 5.91 Å². The Bertz CT molecular complexity index is 1180. The van der Waals surface area contributed by atoms with E-state index in [4.69, 9.17) is 23.2 Å². The summed E-state index contributed by atoms with van der Waals surface area (Å²) in [5.74, 6) is -1.01. The van der Waals surface area contributed by atoms with Crippen molar-refractivity contribution in [3.63, 3.8) is 0 Å². The molecule has 174 valence electrons. The number of H-pyrrole nitrogens is 1. The molecule has 1 aromatic heterocycles. The number of nitrogens with one attached hydrogen (secondary N) is 3. The summed E-state index contributed by atoms with van der Waals surface area (Å²) in [5.41, 5.74) is 1.35. The van der Waals surface area contributed by atoms with Crippen LogP contribution in [-0.2, 0) is 4.79 Å². The summed E-state index contributed by atoms with van der Waals surface area (Å²) in [7, 11) is 0. The van der Waals surface area contributed by atoms with Crippen LogP contribution >= 0.6 is 35.1 Å².